The molecule has 8 heteroatoms. The first kappa shape index (κ1) is 12.6. The molecule has 1 aromatic rings. The van der Waals surface area contributed by atoms with Crippen LogP contribution in [0.2, 0.25) is 5.15 Å². The predicted octanol–water partition coefficient (Wildman–Crippen LogP) is -0.0464. The number of aromatic nitrogens is 2. The Morgan fingerprint density at radius 2 is 2.28 bits per heavy atom. The first-order valence-corrected chi connectivity index (χ1v) is 5.79. The molecule has 0 saturated carbocycles. The summed E-state index contributed by atoms with van der Waals surface area (Å²) in [6.07, 6.45) is 0.542. The Balaban J connectivity index is 2.39. The summed E-state index contributed by atoms with van der Waals surface area (Å²) in [4.78, 5) is 32.4. The minimum atomic E-state index is -0.465. The Bertz CT molecular complexity index is 487. The van der Waals surface area contributed by atoms with Gasteiger partial charge in [-0.3, -0.25) is 14.9 Å². The summed E-state index contributed by atoms with van der Waals surface area (Å²) in [5, 5.41) is 2.45. The lowest BCUT2D eigenvalue weighted by Gasteiger charge is -2.34. The van der Waals surface area contributed by atoms with E-state index in [1.54, 1.807) is 4.90 Å². The van der Waals surface area contributed by atoms with Crippen LogP contribution in [0, 0.1) is 0 Å². The molecule has 2 amide bonds. The summed E-state index contributed by atoms with van der Waals surface area (Å²) in [7, 11) is 0. The molecule has 1 unspecified atom stereocenters. The van der Waals surface area contributed by atoms with Crippen molar-refractivity contribution in [2.45, 2.75) is 19.4 Å². The van der Waals surface area contributed by atoms with Crippen LogP contribution in [-0.4, -0.2) is 34.4 Å². The Hall–Kier alpha value is -1.89. The number of carbonyl (C=O) groups excluding carboxylic acids is 2. The zero-order chi connectivity index (χ0) is 13.3. The summed E-state index contributed by atoms with van der Waals surface area (Å²) in [5.74, 6) is -0.339. The number of imide groups is 1. The molecule has 2 heterocycles. The Kier molecular flexibility index (Phi) is 3.33. The van der Waals surface area contributed by atoms with Gasteiger partial charge in [-0.05, 0) is 6.42 Å². The average molecular weight is 270 g/mol. The molecule has 1 saturated heterocycles. The third-order valence-corrected chi connectivity index (χ3v) is 2.83. The summed E-state index contributed by atoms with van der Waals surface area (Å²) in [5.41, 5.74) is 5.50. The van der Waals surface area contributed by atoms with E-state index in [2.05, 4.69) is 15.3 Å². The zero-order valence-electron chi connectivity index (χ0n) is 9.68. The Morgan fingerprint density at radius 1 is 1.56 bits per heavy atom. The molecular formula is C10H12ClN5O2. The highest BCUT2D eigenvalue weighted by Gasteiger charge is 2.33. The van der Waals surface area contributed by atoms with Gasteiger partial charge in [0.2, 0.25) is 17.8 Å². The number of nitrogens with one attached hydrogen (secondary N) is 1. The number of anilines is 2. The molecule has 0 bridgehead atoms. The van der Waals surface area contributed by atoms with E-state index in [0.29, 0.717) is 12.2 Å². The van der Waals surface area contributed by atoms with Crippen LogP contribution in [0.1, 0.15) is 13.3 Å². The number of nitrogen functional groups attached to an aromatic ring is 1. The second-order valence-electron chi connectivity index (χ2n) is 3.87. The highest BCUT2D eigenvalue weighted by atomic mass is 35.5. The van der Waals surface area contributed by atoms with Crippen molar-refractivity contribution in [1.82, 2.24) is 15.3 Å². The van der Waals surface area contributed by atoms with Crippen LogP contribution >= 0.6 is 11.6 Å². The van der Waals surface area contributed by atoms with Gasteiger partial charge in [0.05, 0.1) is 6.54 Å². The van der Waals surface area contributed by atoms with Gasteiger partial charge in [0.1, 0.15) is 17.0 Å². The minimum Gasteiger partial charge on any atom is -0.368 e. The van der Waals surface area contributed by atoms with Crippen molar-refractivity contribution in [2.24, 2.45) is 0 Å². The smallest absolute Gasteiger partial charge is 0.249 e. The lowest BCUT2D eigenvalue weighted by molar-refractivity contribution is -0.132. The van der Waals surface area contributed by atoms with Gasteiger partial charge >= 0.3 is 0 Å². The van der Waals surface area contributed by atoms with Crippen molar-refractivity contribution >= 4 is 35.2 Å². The van der Waals surface area contributed by atoms with Gasteiger partial charge in [-0.25, -0.2) is 4.98 Å². The maximum atomic E-state index is 11.7. The van der Waals surface area contributed by atoms with E-state index in [1.807, 2.05) is 6.92 Å². The standard InChI is InChI=1S/C10H12ClN5O2/c1-2-5-9(18)15-8(17)4-16(5)7-3-6(11)13-10(12)14-7/h3,5H,2,4H2,1H3,(H2,12,13,14)(H,15,17,18). The Labute approximate surface area is 108 Å². The molecular weight excluding hydrogens is 258 g/mol. The lowest BCUT2D eigenvalue weighted by atomic mass is 10.1. The van der Waals surface area contributed by atoms with Gasteiger partial charge in [0.15, 0.2) is 0 Å². The number of amides is 2. The topological polar surface area (TPSA) is 101 Å². The highest BCUT2D eigenvalue weighted by Crippen LogP contribution is 2.21. The van der Waals surface area contributed by atoms with Crippen molar-refractivity contribution in [3.63, 3.8) is 0 Å². The van der Waals surface area contributed by atoms with E-state index >= 15 is 0 Å². The number of carbonyl (C=O) groups is 2. The molecule has 0 spiro atoms. The molecule has 2 rings (SSSR count). The molecule has 1 aliphatic rings. The zero-order valence-corrected chi connectivity index (χ0v) is 10.4. The van der Waals surface area contributed by atoms with Crippen LogP contribution in [0.25, 0.3) is 0 Å². The maximum absolute atomic E-state index is 11.7. The first-order chi connectivity index (χ1) is 8.51. The Morgan fingerprint density at radius 3 is 2.89 bits per heavy atom. The molecule has 0 aliphatic carbocycles. The second kappa shape index (κ2) is 4.77. The highest BCUT2D eigenvalue weighted by molar-refractivity contribution is 6.29. The molecule has 1 aliphatic heterocycles. The van der Waals surface area contributed by atoms with Crippen molar-refractivity contribution in [3.05, 3.63) is 11.2 Å². The second-order valence-corrected chi connectivity index (χ2v) is 4.26. The van der Waals surface area contributed by atoms with Crippen molar-refractivity contribution < 1.29 is 9.59 Å². The van der Waals surface area contributed by atoms with Crippen LogP contribution in [0.15, 0.2) is 6.07 Å². The van der Waals surface area contributed by atoms with Crippen molar-refractivity contribution in [3.8, 4) is 0 Å². The SMILES string of the molecule is CCC1C(=O)NC(=O)CN1c1cc(Cl)nc(N)n1. The monoisotopic (exact) mass is 269 g/mol. The van der Waals surface area contributed by atoms with Gasteiger partial charge in [-0.15, -0.1) is 0 Å². The van der Waals surface area contributed by atoms with Gasteiger partial charge < -0.3 is 10.6 Å². The number of rotatable bonds is 2. The summed E-state index contributed by atoms with van der Waals surface area (Å²) in [6, 6.07) is 1.01. The molecule has 1 aromatic heterocycles. The average Bonchev–Trinajstić information content (AvgIpc) is 2.26. The van der Waals surface area contributed by atoms with E-state index in [9.17, 15) is 9.59 Å². The molecule has 96 valence electrons. The van der Waals surface area contributed by atoms with Crippen LogP contribution < -0.4 is 16.0 Å². The number of nitrogens with zero attached hydrogens (tertiary/aromatic N) is 3. The molecule has 0 radical (unpaired) electrons. The van der Waals surface area contributed by atoms with Gasteiger partial charge in [0, 0.05) is 6.07 Å². The van der Waals surface area contributed by atoms with Crippen LogP contribution in [-0.2, 0) is 9.59 Å². The summed E-state index contributed by atoms with van der Waals surface area (Å²) in [6.45, 7) is 1.89. The van der Waals surface area contributed by atoms with Crippen LogP contribution in [0.4, 0.5) is 11.8 Å². The van der Waals surface area contributed by atoms with E-state index in [1.165, 1.54) is 6.07 Å². The predicted molar refractivity (Wildman–Crippen MR) is 66.0 cm³/mol. The third kappa shape index (κ3) is 2.35. The van der Waals surface area contributed by atoms with Crippen molar-refractivity contribution in [1.29, 1.82) is 0 Å². The van der Waals surface area contributed by atoms with Gasteiger partial charge in [-0.1, -0.05) is 18.5 Å². The molecule has 0 aromatic carbocycles. The number of piperazine rings is 1. The summed E-state index contributed by atoms with van der Waals surface area (Å²) >= 11 is 5.79. The molecule has 7 nitrogen and oxygen atoms in total. The minimum absolute atomic E-state index is 0.00536. The summed E-state index contributed by atoms with van der Waals surface area (Å²) < 4.78 is 0. The molecule has 3 N–H and O–H groups in total. The van der Waals surface area contributed by atoms with Crippen LogP contribution in [0.3, 0.4) is 0 Å². The lowest BCUT2D eigenvalue weighted by Crippen LogP contribution is -2.58. The van der Waals surface area contributed by atoms with E-state index < -0.39 is 6.04 Å². The van der Waals surface area contributed by atoms with E-state index in [4.69, 9.17) is 17.3 Å². The number of halogens is 1. The largest absolute Gasteiger partial charge is 0.368 e. The van der Waals surface area contributed by atoms with E-state index in [-0.39, 0.29) is 29.5 Å². The van der Waals surface area contributed by atoms with Gasteiger partial charge in [-0.2, -0.15) is 4.98 Å². The van der Waals surface area contributed by atoms with Gasteiger partial charge in [0.25, 0.3) is 0 Å². The van der Waals surface area contributed by atoms with Crippen LogP contribution in [0.5, 0.6) is 0 Å². The van der Waals surface area contributed by atoms with Crippen molar-refractivity contribution in [2.75, 3.05) is 17.2 Å². The fourth-order valence-corrected chi connectivity index (χ4v) is 2.07. The molecule has 1 fully saturated rings. The van der Waals surface area contributed by atoms with E-state index in [0.717, 1.165) is 0 Å². The fraction of sp³-hybridized carbons (Fsp3) is 0.400. The fourth-order valence-electron chi connectivity index (χ4n) is 1.88. The number of hydrogen-bond acceptors (Lipinski definition) is 6. The maximum Gasteiger partial charge on any atom is 0.249 e. The third-order valence-electron chi connectivity index (χ3n) is 2.64. The first-order valence-electron chi connectivity index (χ1n) is 5.41. The number of hydrogen-bond donors (Lipinski definition) is 2. The molecule has 18 heavy (non-hydrogen) atoms. The normalized spacial score (nSPS) is 19.9. The number of nitrogens with two attached hydrogens (primary N) is 1. The quantitative estimate of drug-likeness (QED) is 0.577. The molecule has 1 atom stereocenters.